The van der Waals surface area contributed by atoms with Crippen LogP contribution in [0.5, 0.6) is 0 Å². The second-order valence-corrected chi connectivity index (χ2v) is 4.78. The molecule has 2 aromatic rings. The SMILES string of the molecule is CC(Cc1ccccc1F)Nc1ccc(C(N)=O)cc1. The summed E-state index contributed by atoms with van der Waals surface area (Å²) in [5, 5.41) is 3.26. The molecule has 1 atom stereocenters. The number of carbonyl (C=O) groups is 1. The first-order valence-corrected chi connectivity index (χ1v) is 6.46. The van der Waals surface area contributed by atoms with E-state index in [0.29, 0.717) is 17.5 Å². The van der Waals surface area contributed by atoms with Gasteiger partial charge in [-0.2, -0.15) is 0 Å². The van der Waals surface area contributed by atoms with Crippen molar-refractivity contribution in [2.75, 3.05) is 5.32 Å². The van der Waals surface area contributed by atoms with Gasteiger partial charge in [0.05, 0.1) is 0 Å². The number of nitrogens with two attached hydrogens (primary N) is 1. The van der Waals surface area contributed by atoms with Crippen molar-refractivity contribution in [3.63, 3.8) is 0 Å². The summed E-state index contributed by atoms with van der Waals surface area (Å²) in [6.07, 6.45) is 0.588. The van der Waals surface area contributed by atoms with E-state index in [1.54, 1.807) is 36.4 Å². The van der Waals surface area contributed by atoms with E-state index in [1.807, 2.05) is 13.0 Å². The number of carbonyl (C=O) groups excluding carboxylic acids is 1. The Morgan fingerprint density at radius 3 is 2.45 bits per heavy atom. The van der Waals surface area contributed by atoms with Crippen LogP contribution >= 0.6 is 0 Å². The molecule has 0 aliphatic rings. The lowest BCUT2D eigenvalue weighted by Crippen LogP contribution is -2.19. The Kier molecular flexibility index (Phi) is 4.35. The fourth-order valence-electron chi connectivity index (χ4n) is 2.06. The fraction of sp³-hybridized carbons (Fsp3) is 0.188. The van der Waals surface area contributed by atoms with Crippen molar-refractivity contribution in [3.8, 4) is 0 Å². The zero-order valence-corrected chi connectivity index (χ0v) is 11.3. The molecule has 3 nitrogen and oxygen atoms in total. The number of primary amides is 1. The number of rotatable bonds is 5. The van der Waals surface area contributed by atoms with Crippen LogP contribution < -0.4 is 11.1 Å². The Balaban J connectivity index is 1.99. The van der Waals surface area contributed by atoms with Gasteiger partial charge in [-0.25, -0.2) is 4.39 Å². The molecule has 0 saturated heterocycles. The quantitative estimate of drug-likeness (QED) is 0.879. The van der Waals surface area contributed by atoms with Gasteiger partial charge in [0.25, 0.3) is 0 Å². The van der Waals surface area contributed by atoms with Crippen molar-refractivity contribution in [2.45, 2.75) is 19.4 Å². The largest absolute Gasteiger partial charge is 0.382 e. The third-order valence-corrected chi connectivity index (χ3v) is 3.07. The van der Waals surface area contributed by atoms with Crippen molar-refractivity contribution < 1.29 is 9.18 Å². The molecule has 1 amide bonds. The average Bonchev–Trinajstić information content (AvgIpc) is 2.42. The second kappa shape index (κ2) is 6.19. The van der Waals surface area contributed by atoms with Gasteiger partial charge in [-0.3, -0.25) is 4.79 Å². The Hall–Kier alpha value is -2.36. The molecule has 4 heteroatoms. The summed E-state index contributed by atoms with van der Waals surface area (Å²) in [4.78, 5) is 11.0. The summed E-state index contributed by atoms with van der Waals surface area (Å²) in [5.74, 6) is -0.638. The summed E-state index contributed by atoms with van der Waals surface area (Å²) in [7, 11) is 0. The minimum absolute atomic E-state index is 0.0753. The third-order valence-electron chi connectivity index (χ3n) is 3.07. The lowest BCUT2D eigenvalue weighted by atomic mass is 10.1. The Labute approximate surface area is 117 Å². The predicted molar refractivity (Wildman–Crippen MR) is 78.1 cm³/mol. The number of anilines is 1. The second-order valence-electron chi connectivity index (χ2n) is 4.78. The van der Waals surface area contributed by atoms with Crippen LogP contribution in [-0.2, 0) is 6.42 Å². The molecule has 0 saturated carbocycles. The Morgan fingerprint density at radius 1 is 1.20 bits per heavy atom. The lowest BCUT2D eigenvalue weighted by Gasteiger charge is -2.16. The van der Waals surface area contributed by atoms with E-state index in [9.17, 15) is 9.18 Å². The Bertz CT molecular complexity index is 596. The lowest BCUT2D eigenvalue weighted by molar-refractivity contribution is 0.100. The van der Waals surface area contributed by atoms with Gasteiger partial charge in [-0.05, 0) is 49.2 Å². The molecule has 0 fully saturated rings. The van der Waals surface area contributed by atoms with E-state index >= 15 is 0 Å². The summed E-state index contributed by atoms with van der Waals surface area (Å²) >= 11 is 0. The van der Waals surface area contributed by atoms with Gasteiger partial charge in [0, 0.05) is 17.3 Å². The zero-order chi connectivity index (χ0) is 14.5. The topological polar surface area (TPSA) is 55.1 Å². The van der Waals surface area contributed by atoms with E-state index in [4.69, 9.17) is 5.73 Å². The van der Waals surface area contributed by atoms with E-state index < -0.39 is 5.91 Å². The highest BCUT2D eigenvalue weighted by atomic mass is 19.1. The van der Waals surface area contributed by atoms with Gasteiger partial charge in [0.15, 0.2) is 0 Å². The molecular formula is C16H17FN2O. The van der Waals surface area contributed by atoms with Crippen LogP contribution in [0.15, 0.2) is 48.5 Å². The van der Waals surface area contributed by atoms with Crippen molar-refractivity contribution in [2.24, 2.45) is 5.73 Å². The molecule has 0 bridgehead atoms. The molecule has 2 aromatic carbocycles. The van der Waals surface area contributed by atoms with Crippen molar-refractivity contribution in [1.82, 2.24) is 0 Å². The maximum atomic E-state index is 13.6. The number of hydrogen-bond acceptors (Lipinski definition) is 2. The van der Waals surface area contributed by atoms with Gasteiger partial charge in [0.2, 0.25) is 5.91 Å². The number of halogens is 1. The predicted octanol–water partition coefficient (Wildman–Crippen LogP) is 2.97. The van der Waals surface area contributed by atoms with Crippen LogP contribution in [-0.4, -0.2) is 11.9 Å². The van der Waals surface area contributed by atoms with Crippen LogP contribution in [0.3, 0.4) is 0 Å². The van der Waals surface area contributed by atoms with Gasteiger partial charge in [0.1, 0.15) is 5.82 Å². The number of nitrogens with one attached hydrogen (secondary N) is 1. The van der Waals surface area contributed by atoms with Crippen LogP contribution in [0.4, 0.5) is 10.1 Å². The normalized spacial score (nSPS) is 11.9. The molecule has 0 aliphatic heterocycles. The van der Waals surface area contributed by atoms with Crippen LogP contribution in [0, 0.1) is 5.82 Å². The summed E-state index contributed by atoms with van der Waals surface area (Å²) in [6.45, 7) is 1.98. The maximum absolute atomic E-state index is 13.6. The zero-order valence-electron chi connectivity index (χ0n) is 11.3. The molecule has 1 unspecified atom stereocenters. The molecule has 3 N–H and O–H groups in total. The highest BCUT2D eigenvalue weighted by Crippen LogP contribution is 2.14. The first kappa shape index (κ1) is 14.1. The van der Waals surface area contributed by atoms with Gasteiger partial charge in [-0.1, -0.05) is 18.2 Å². The van der Waals surface area contributed by atoms with Crippen LogP contribution in [0.2, 0.25) is 0 Å². The van der Waals surface area contributed by atoms with Crippen molar-refractivity contribution in [3.05, 3.63) is 65.5 Å². The molecule has 0 spiro atoms. The molecule has 0 aliphatic carbocycles. The molecular weight excluding hydrogens is 255 g/mol. The molecule has 0 radical (unpaired) electrons. The monoisotopic (exact) mass is 272 g/mol. The van der Waals surface area contributed by atoms with Crippen LogP contribution in [0.25, 0.3) is 0 Å². The van der Waals surface area contributed by atoms with Crippen LogP contribution in [0.1, 0.15) is 22.8 Å². The number of hydrogen-bond donors (Lipinski definition) is 2. The minimum atomic E-state index is -0.448. The van der Waals surface area contributed by atoms with Crippen molar-refractivity contribution >= 4 is 11.6 Å². The minimum Gasteiger partial charge on any atom is -0.382 e. The van der Waals surface area contributed by atoms with E-state index in [-0.39, 0.29) is 11.9 Å². The fourth-order valence-corrected chi connectivity index (χ4v) is 2.06. The number of benzene rings is 2. The molecule has 104 valence electrons. The number of amides is 1. The third kappa shape index (κ3) is 3.57. The molecule has 0 aromatic heterocycles. The Morgan fingerprint density at radius 2 is 1.85 bits per heavy atom. The van der Waals surface area contributed by atoms with Crippen molar-refractivity contribution in [1.29, 1.82) is 0 Å². The van der Waals surface area contributed by atoms with Gasteiger partial charge < -0.3 is 11.1 Å². The van der Waals surface area contributed by atoms with E-state index in [2.05, 4.69) is 5.32 Å². The summed E-state index contributed by atoms with van der Waals surface area (Å²) < 4.78 is 13.6. The standard InChI is InChI=1S/C16H17FN2O/c1-11(10-13-4-2-3-5-15(13)17)19-14-8-6-12(7-9-14)16(18)20/h2-9,11,19H,10H2,1H3,(H2,18,20). The maximum Gasteiger partial charge on any atom is 0.248 e. The average molecular weight is 272 g/mol. The highest BCUT2D eigenvalue weighted by molar-refractivity contribution is 5.93. The smallest absolute Gasteiger partial charge is 0.248 e. The van der Waals surface area contributed by atoms with Gasteiger partial charge in [-0.15, -0.1) is 0 Å². The molecule has 2 rings (SSSR count). The molecule has 20 heavy (non-hydrogen) atoms. The summed E-state index contributed by atoms with van der Waals surface area (Å²) in [6, 6.07) is 13.7. The van der Waals surface area contributed by atoms with E-state index in [1.165, 1.54) is 6.07 Å². The molecule has 0 heterocycles. The highest BCUT2D eigenvalue weighted by Gasteiger charge is 2.07. The van der Waals surface area contributed by atoms with Gasteiger partial charge >= 0.3 is 0 Å². The first-order valence-electron chi connectivity index (χ1n) is 6.46. The first-order chi connectivity index (χ1) is 9.56. The van der Waals surface area contributed by atoms with E-state index in [0.717, 1.165) is 5.69 Å². The summed E-state index contributed by atoms with van der Waals surface area (Å²) in [5.41, 5.74) is 7.21.